The number of carbonyl (C=O) groups excluding carboxylic acids is 1. The highest BCUT2D eigenvalue weighted by atomic mass is 16.5. The summed E-state index contributed by atoms with van der Waals surface area (Å²) in [4.78, 5) is 16.6. The van der Waals surface area contributed by atoms with E-state index in [-0.39, 0.29) is 12.5 Å². The van der Waals surface area contributed by atoms with Crippen molar-refractivity contribution in [3.63, 3.8) is 0 Å². The van der Waals surface area contributed by atoms with Gasteiger partial charge in [0.25, 0.3) is 5.91 Å². The van der Waals surface area contributed by atoms with Crippen LogP contribution in [0, 0.1) is 0 Å². The molecule has 0 aliphatic heterocycles. The molecule has 1 N–H and O–H groups in total. The van der Waals surface area contributed by atoms with E-state index in [2.05, 4.69) is 21.8 Å². The van der Waals surface area contributed by atoms with Gasteiger partial charge in [0, 0.05) is 6.54 Å². The van der Waals surface area contributed by atoms with Crippen LogP contribution in [0.15, 0.2) is 48.5 Å². The molecule has 0 aliphatic rings. The second-order valence-electron chi connectivity index (χ2n) is 5.50. The lowest BCUT2D eigenvalue weighted by Crippen LogP contribution is -2.29. The highest BCUT2D eigenvalue weighted by molar-refractivity contribution is 5.78. The number of ether oxygens (including phenoxy) is 2. The molecule has 6 nitrogen and oxygen atoms in total. The van der Waals surface area contributed by atoms with Gasteiger partial charge in [0.15, 0.2) is 6.61 Å². The second kappa shape index (κ2) is 7.70. The zero-order chi connectivity index (χ0) is 17.6. The largest absolute Gasteiger partial charge is 0.497 e. The molecule has 0 radical (unpaired) electrons. The van der Waals surface area contributed by atoms with Crippen molar-refractivity contribution in [1.82, 2.24) is 14.9 Å². The Morgan fingerprint density at radius 2 is 1.84 bits per heavy atom. The number of nitrogens with one attached hydrogen (secondary N) is 1. The van der Waals surface area contributed by atoms with Gasteiger partial charge in [-0.05, 0) is 43.3 Å². The van der Waals surface area contributed by atoms with Crippen LogP contribution in [0.2, 0.25) is 0 Å². The molecule has 1 amide bonds. The SMILES string of the molecule is CCn1c(CNC(=O)COc2ccc(OC)cc2)nc2ccccc21. The summed E-state index contributed by atoms with van der Waals surface area (Å²) >= 11 is 0. The molecule has 130 valence electrons. The minimum atomic E-state index is -0.189. The Labute approximate surface area is 146 Å². The number of hydrogen-bond acceptors (Lipinski definition) is 4. The van der Waals surface area contributed by atoms with Crippen LogP contribution in [-0.4, -0.2) is 29.2 Å². The van der Waals surface area contributed by atoms with Gasteiger partial charge < -0.3 is 19.4 Å². The molecule has 0 unspecified atom stereocenters. The zero-order valence-corrected chi connectivity index (χ0v) is 14.4. The summed E-state index contributed by atoms with van der Waals surface area (Å²) < 4.78 is 12.7. The Morgan fingerprint density at radius 3 is 2.56 bits per heavy atom. The van der Waals surface area contributed by atoms with E-state index < -0.39 is 0 Å². The van der Waals surface area contributed by atoms with E-state index in [1.54, 1.807) is 31.4 Å². The van der Waals surface area contributed by atoms with Crippen molar-refractivity contribution in [2.75, 3.05) is 13.7 Å². The van der Waals surface area contributed by atoms with E-state index in [4.69, 9.17) is 9.47 Å². The monoisotopic (exact) mass is 339 g/mol. The van der Waals surface area contributed by atoms with Gasteiger partial charge in [-0.1, -0.05) is 12.1 Å². The molecule has 0 saturated carbocycles. The normalized spacial score (nSPS) is 10.6. The third-order valence-electron chi connectivity index (χ3n) is 3.92. The smallest absolute Gasteiger partial charge is 0.258 e. The molecule has 25 heavy (non-hydrogen) atoms. The van der Waals surface area contributed by atoms with Crippen LogP contribution in [0.3, 0.4) is 0 Å². The Morgan fingerprint density at radius 1 is 1.12 bits per heavy atom. The van der Waals surface area contributed by atoms with E-state index >= 15 is 0 Å². The third-order valence-corrected chi connectivity index (χ3v) is 3.92. The molecule has 0 atom stereocenters. The average molecular weight is 339 g/mol. The molecule has 0 aliphatic carbocycles. The zero-order valence-electron chi connectivity index (χ0n) is 14.4. The molecule has 0 spiro atoms. The summed E-state index contributed by atoms with van der Waals surface area (Å²) in [6.45, 7) is 3.19. The molecular weight excluding hydrogens is 318 g/mol. The molecule has 3 rings (SSSR count). The van der Waals surface area contributed by atoms with E-state index in [0.717, 1.165) is 29.2 Å². The number of carbonyl (C=O) groups is 1. The van der Waals surface area contributed by atoms with Gasteiger partial charge in [0.2, 0.25) is 0 Å². The Kier molecular flexibility index (Phi) is 5.18. The maximum Gasteiger partial charge on any atom is 0.258 e. The van der Waals surface area contributed by atoms with E-state index in [0.29, 0.717) is 12.3 Å². The number of aromatic nitrogens is 2. The van der Waals surface area contributed by atoms with Crippen LogP contribution in [0.5, 0.6) is 11.5 Å². The van der Waals surface area contributed by atoms with Gasteiger partial charge in [0.05, 0.1) is 24.7 Å². The van der Waals surface area contributed by atoms with Crippen molar-refractivity contribution >= 4 is 16.9 Å². The quantitative estimate of drug-likeness (QED) is 0.719. The lowest BCUT2D eigenvalue weighted by atomic mass is 10.3. The van der Waals surface area contributed by atoms with Crippen molar-refractivity contribution in [2.24, 2.45) is 0 Å². The third kappa shape index (κ3) is 3.91. The summed E-state index contributed by atoms with van der Waals surface area (Å²) in [7, 11) is 1.60. The fourth-order valence-corrected chi connectivity index (χ4v) is 2.66. The molecule has 1 aromatic heterocycles. The molecular formula is C19H21N3O3. The fourth-order valence-electron chi connectivity index (χ4n) is 2.66. The van der Waals surface area contributed by atoms with Crippen molar-refractivity contribution in [1.29, 1.82) is 0 Å². The Hall–Kier alpha value is -3.02. The fraction of sp³-hybridized carbons (Fsp3) is 0.263. The van der Waals surface area contributed by atoms with Crippen molar-refractivity contribution < 1.29 is 14.3 Å². The number of rotatable bonds is 7. The van der Waals surface area contributed by atoms with Crippen molar-refractivity contribution in [3.8, 4) is 11.5 Å². The lowest BCUT2D eigenvalue weighted by molar-refractivity contribution is -0.123. The summed E-state index contributed by atoms with van der Waals surface area (Å²) in [6, 6.07) is 15.1. The minimum Gasteiger partial charge on any atom is -0.497 e. The number of amides is 1. The molecule has 1 heterocycles. The number of hydrogen-bond donors (Lipinski definition) is 1. The van der Waals surface area contributed by atoms with Crippen LogP contribution in [0.25, 0.3) is 11.0 Å². The van der Waals surface area contributed by atoms with Gasteiger partial charge >= 0.3 is 0 Å². The maximum atomic E-state index is 12.0. The number of nitrogens with zero attached hydrogens (tertiary/aromatic N) is 2. The molecule has 2 aromatic carbocycles. The number of aryl methyl sites for hydroxylation is 1. The number of methoxy groups -OCH3 is 1. The van der Waals surface area contributed by atoms with Crippen LogP contribution in [-0.2, 0) is 17.9 Å². The van der Waals surface area contributed by atoms with Gasteiger partial charge in [-0.2, -0.15) is 0 Å². The van der Waals surface area contributed by atoms with Crippen molar-refractivity contribution in [2.45, 2.75) is 20.0 Å². The topological polar surface area (TPSA) is 65.4 Å². The minimum absolute atomic E-state index is 0.0430. The first kappa shape index (κ1) is 16.8. The Balaban J connectivity index is 1.57. The standard InChI is InChI=1S/C19H21N3O3/c1-3-22-17-7-5-4-6-16(17)21-18(22)12-20-19(23)13-25-15-10-8-14(24-2)9-11-15/h4-11H,3,12-13H2,1-2H3,(H,20,23). The van der Waals surface area contributed by atoms with E-state index in [9.17, 15) is 4.79 Å². The molecule has 6 heteroatoms. The first-order valence-corrected chi connectivity index (χ1v) is 8.19. The van der Waals surface area contributed by atoms with Crippen molar-refractivity contribution in [3.05, 3.63) is 54.4 Å². The number of para-hydroxylation sites is 2. The molecule has 0 fully saturated rings. The number of benzene rings is 2. The van der Waals surface area contributed by atoms with Gasteiger partial charge in [0.1, 0.15) is 17.3 Å². The first-order chi connectivity index (χ1) is 12.2. The highest BCUT2D eigenvalue weighted by Crippen LogP contribution is 2.17. The van der Waals surface area contributed by atoms with Gasteiger partial charge in [-0.15, -0.1) is 0 Å². The summed E-state index contributed by atoms with van der Waals surface area (Å²) in [5.74, 6) is 2.01. The second-order valence-corrected chi connectivity index (χ2v) is 5.50. The van der Waals surface area contributed by atoms with E-state index in [1.165, 1.54) is 0 Å². The van der Waals surface area contributed by atoms with Crippen LogP contribution in [0.4, 0.5) is 0 Å². The van der Waals surface area contributed by atoms with Crippen LogP contribution < -0.4 is 14.8 Å². The highest BCUT2D eigenvalue weighted by Gasteiger charge is 2.10. The predicted octanol–water partition coefficient (Wildman–Crippen LogP) is 2.76. The predicted molar refractivity (Wildman–Crippen MR) is 95.7 cm³/mol. The van der Waals surface area contributed by atoms with Gasteiger partial charge in [-0.25, -0.2) is 4.98 Å². The van der Waals surface area contributed by atoms with E-state index in [1.807, 2.05) is 24.3 Å². The number of imidazole rings is 1. The maximum absolute atomic E-state index is 12.0. The van der Waals surface area contributed by atoms with Crippen LogP contribution >= 0.6 is 0 Å². The molecule has 0 bridgehead atoms. The lowest BCUT2D eigenvalue weighted by Gasteiger charge is -2.09. The summed E-state index contributed by atoms with van der Waals surface area (Å²) in [5, 5.41) is 2.86. The average Bonchev–Trinajstić information content (AvgIpc) is 3.02. The Bertz CT molecular complexity index is 856. The van der Waals surface area contributed by atoms with Crippen LogP contribution in [0.1, 0.15) is 12.7 Å². The summed E-state index contributed by atoms with van der Waals surface area (Å²) in [6.07, 6.45) is 0. The molecule has 3 aromatic rings. The molecule has 0 saturated heterocycles. The summed E-state index contributed by atoms with van der Waals surface area (Å²) in [5.41, 5.74) is 2.01. The van der Waals surface area contributed by atoms with Gasteiger partial charge in [-0.3, -0.25) is 4.79 Å². The first-order valence-electron chi connectivity index (χ1n) is 8.19. The number of fused-ring (bicyclic) bond motifs is 1.